The fourth-order valence-corrected chi connectivity index (χ4v) is 3.42. The summed E-state index contributed by atoms with van der Waals surface area (Å²) in [6.07, 6.45) is 0. The zero-order valence-corrected chi connectivity index (χ0v) is 15.2. The third-order valence-electron chi connectivity index (χ3n) is 3.67. The van der Waals surface area contributed by atoms with Gasteiger partial charge in [-0.2, -0.15) is 0 Å². The molecule has 0 saturated carbocycles. The summed E-state index contributed by atoms with van der Waals surface area (Å²) in [6.45, 7) is 3.10. The first kappa shape index (κ1) is 19.0. The van der Waals surface area contributed by atoms with Crippen LogP contribution < -0.4 is 14.9 Å². The molecule has 2 rings (SSSR count). The number of para-hydroxylation sites is 1. The smallest absolute Gasteiger partial charge is 0.251 e. The molecule has 0 saturated heterocycles. The number of likely N-dealkylation sites (N-methyl/N-ethyl adjacent to an activating group) is 1. The van der Waals surface area contributed by atoms with Gasteiger partial charge < -0.3 is 10.2 Å². The van der Waals surface area contributed by atoms with E-state index in [1.165, 1.54) is 12.1 Å². The van der Waals surface area contributed by atoms with Gasteiger partial charge in [0.05, 0.1) is 4.90 Å². The maximum atomic E-state index is 12.3. The van der Waals surface area contributed by atoms with Crippen molar-refractivity contribution in [3.05, 3.63) is 60.2 Å². The fraction of sp³-hybridized carbons (Fsp3) is 0.278. The van der Waals surface area contributed by atoms with Crippen LogP contribution in [0.4, 0.5) is 5.69 Å². The highest BCUT2D eigenvalue weighted by Gasteiger charge is 2.15. The lowest BCUT2D eigenvalue weighted by molar-refractivity contribution is 0.0954. The lowest BCUT2D eigenvalue weighted by Gasteiger charge is -2.19. The summed E-state index contributed by atoms with van der Waals surface area (Å²) in [4.78, 5) is 14.4. The van der Waals surface area contributed by atoms with Crippen LogP contribution in [0.5, 0.6) is 0 Å². The molecular formula is C18H23N3O3S. The van der Waals surface area contributed by atoms with E-state index >= 15 is 0 Å². The van der Waals surface area contributed by atoms with Gasteiger partial charge >= 0.3 is 0 Å². The molecule has 134 valence electrons. The normalized spacial score (nSPS) is 11.1. The largest absolute Gasteiger partial charge is 0.373 e. The van der Waals surface area contributed by atoms with Crippen molar-refractivity contribution in [1.29, 1.82) is 0 Å². The molecule has 2 aromatic rings. The highest BCUT2D eigenvalue weighted by Crippen LogP contribution is 2.12. The zero-order chi connectivity index (χ0) is 18.3. The number of amides is 1. The molecule has 0 aliphatic rings. The number of nitrogens with zero attached hydrogens (tertiary/aromatic N) is 1. The van der Waals surface area contributed by atoms with Crippen LogP contribution in [0.25, 0.3) is 0 Å². The van der Waals surface area contributed by atoms with Crippen molar-refractivity contribution in [3.63, 3.8) is 0 Å². The number of rotatable bonds is 8. The van der Waals surface area contributed by atoms with Crippen molar-refractivity contribution >= 4 is 21.6 Å². The highest BCUT2D eigenvalue weighted by atomic mass is 32.2. The molecule has 0 spiro atoms. The van der Waals surface area contributed by atoms with Crippen molar-refractivity contribution in [2.45, 2.75) is 11.8 Å². The van der Waals surface area contributed by atoms with Crippen molar-refractivity contribution < 1.29 is 13.2 Å². The van der Waals surface area contributed by atoms with Crippen LogP contribution in [0.2, 0.25) is 0 Å². The van der Waals surface area contributed by atoms with Gasteiger partial charge in [-0.25, -0.2) is 13.1 Å². The van der Waals surface area contributed by atoms with Gasteiger partial charge in [-0.3, -0.25) is 4.79 Å². The van der Waals surface area contributed by atoms with E-state index < -0.39 is 10.0 Å². The lowest BCUT2D eigenvalue weighted by Crippen LogP contribution is -2.33. The molecule has 0 atom stereocenters. The van der Waals surface area contributed by atoms with Crippen LogP contribution in [-0.4, -0.2) is 41.0 Å². The fourth-order valence-electron chi connectivity index (χ4n) is 2.33. The van der Waals surface area contributed by atoms with E-state index in [4.69, 9.17) is 0 Å². The summed E-state index contributed by atoms with van der Waals surface area (Å²) in [5.41, 5.74) is 1.39. The Bertz CT molecular complexity index is 807. The number of carbonyl (C=O) groups excluding carboxylic acids is 1. The van der Waals surface area contributed by atoms with Crippen LogP contribution in [0.15, 0.2) is 59.5 Å². The molecule has 2 N–H and O–H groups in total. The second-order valence-corrected chi connectivity index (χ2v) is 7.31. The molecule has 0 aliphatic carbocycles. The van der Waals surface area contributed by atoms with Gasteiger partial charge in [0.1, 0.15) is 0 Å². The number of carbonyl (C=O) groups is 1. The van der Waals surface area contributed by atoms with E-state index in [1.807, 2.05) is 42.3 Å². The van der Waals surface area contributed by atoms with Gasteiger partial charge in [0.15, 0.2) is 0 Å². The van der Waals surface area contributed by atoms with Crippen LogP contribution in [0.1, 0.15) is 17.3 Å². The first-order chi connectivity index (χ1) is 11.9. The number of sulfonamides is 1. The van der Waals surface area contributed by atoms with E-state index in [9.17, 15) is 13.2 Å². The summed E-state index contributed by atoms with van der Waals surface area (Å²) >= 11 is 0. The van der Waals surface area contributed by atoms with Gasteiger partial charge in [-0.05, 0) is 30.3 Å². The SMILES string of the molecule is CCNS(=O)(=O)c1cccc(C(=O)NCCN(C)c2ccccc2)c1. The molecule has 0 bridgehead atoms. The molecule has 0 unspecified atom stereocenters. The van der Waals surface area contributed by atoms with Gasteiger partial charge in [0.2, 0.25) is 10.0 Å². The molecule has 0 aliphatic heterocycles. The Balaban J connectivity index is 1.95. The topological polar surface area (TPSA) is 78.5 Å². The number of anilines is 1. The van der Waals surface area contributed by atoms with E-state index in [0.717, 1.165) is 5.69 Å². The maximum Gasteiger partial charge on any atom is 0.251 e. The van der Waals surface area contributed by atoms with Gasteiger partial charge in [-0.15, -0.1) is 0 Å². The van der Waals surface area contributed by atoms with Crippen LogP contribution in [-0.2, 0) is 10.0 Å². The van der Waals surface area contributed by atoms with Gasteiger partial charge in [0, 0.05) is 37.9 Å². The summed E-state index contributed by atoms with van der Waals surface area (Å²) in [5.74, 6) is -0.296. The first-order valence-corrected chi connectivity index (χ1v) is 9.56. The summed E-state index contributed by atoms with van der Waals surface area (Å²) < 4.78 is 26.4. The number of hydrogen-bond acceptors (Lipinski definition) is 4. The number of hydrogen-bond donors (Lipinski definition) is 2. The Labute approximate surface area is 148 Å². The average Bonchev–Trinajstić information content (AvgIpc) is 2.62. The second kappa shape index (κ2) is 8.64. The van der Waals surface area contributed by atoms with Crippen molar-refractivity contribution in [1.82, 2.24) is 10.0 Å². The molecule has 6 nitrogen and oxygen atoms in total. The molecule has 2 aromatic carbocycles. The van der Waals surface area contributed by atoms with E-state index in [0.29, 0.717) is 25.2 Å². The van der Waals surface area contributed by atoms with Gasteiger partial charge in [-0.1, -0.05) is 31.2 Å². The minimum absolute atomic E-state index is 0.0865. The predicted molar refractivity (Wildman–Crippen MR) is 99.3 cm³/mol. The molecule has 0 fully saturated rings. The molecule has 25 heavy (non-hydrogen) atoms. The Morgan fingerprint density at radius 2 is 1.80 bits per heavy atom. The standard InChI is InChI=1S/C18H23N3O3S/c1-3-20-25(23,24)17-11-7-8-15(14-17)18(22)19-12-13-21(2)16-9-5-4-6-10-16/h4-11,14,20H,3,12-13H2,1-2H3,(H,19,22). The van der Waals surface area contributed by atoms with Crippen LogP contribution in [0, 0.1) is 0 Å². The van der Waals surface area contributed by atoms with Crippen molar-refractivity contribution in [2.75, 3.05) is 31.6 Å². The Kier molecular flexibility index (Phi) is 6.55. The second-order valence-electron chi connectivity index (χ2n) is 5.54. The maximum absolute atomic E-state index is 12.3. The van der Waals surface area contributed by atoms with Crippen molar-refractivity contribution in [3.8, 4) is 0 Å². The predicted octanol–water partition coefficient (Wildman–Crippen LogP) is 1.85. The highest BCUT2D eigenvalue weighted by molar-refractivity contribution is 7.89. The Morgan fingerprint density at radius 3 is 2.48 bits per heavy atom. The third-order valence-corrected chi connectivity index (χ3v) is 5.21. The van der Waals surface area contributed by atoms with Crippen molar-refractivity contribution in [2.24, 2.45) is 0 Å². The zero-order valence-electron chi connectivity index (χ0n) is 14.4. The van der Waals surface area contributed by atoms with Crippen LogP contribution in [0.3, 0.4) is 0 Å². The average molecular weight is 361 g/mol. The number of nitrogens with one attached hydrogen (secondary N) is 2. The van der Waals surface area contributed by atoms with E-state index in [2.05, 4.69) is 10.0 Å². The Hall–Kier alpha value is -2.38. The third kappa shape index (κ3) is 5.30. The van der Waals surface area contributed by atoms with E-state index in [-0.39, 0.29) is 10.8 Å². The van der Waals surface area contributed by atoms with Gasteiger partial charge in [0.25, 0.3) is 5.91 Å². The molecule has 0 aromatic heterocycles. The quantitative estimate of drug-likeness (QED) is 0.752. The minimum Gasteiger partial charge on any atom is -0.373 e. The summed E-state index contributed by atoms with van der Waals surface area (Å²) in [7, 11) is -1.63. The number of benzene rings is 2. The first-order valence-electron chi connectivity index (χ1n) is 8.08. The Morgan fingerprint density at radius 1 is 1.08 bits per heavy atom. The van der Waals surface area contributed by atoms with E-state index in [1.54, 1.807) is 19.1 Å². The molecule has 0 radical (unpaired) electrons. The minimum atomic E-state index is -3.57. The summed E-state index contributed by atoms with van der Waals surface area (Å²) in [5, 5.41) is 2.81. The lowest BCUT2D eigenvalue weighted by atomic mass is 10.2. The monoisotopic (exact) mass is 361 g/mol. The molecule has 0 heterocycles. The molecule has 7 heteroatoms. The summed E-state index contributed by atoms with van der Waals surface area (Å²) in [6, 6.07) is 15.9. The van der Waals surface area contributed by atoms with Crippen LogP contribution >= 0.6 is 0 Å². The molecular weight excluding hydrogens is 338 g/mol. The molecule has 1 amide bonds.